The maximum Gasteiger partial charge on any atom is 1.00 e. The van der Waals surface area contributed by atoms with Gasteiger partial charge in [-0.3, -0.25) is 16.0 Å². The molecular weight excluding hydrogens is 279 g/mol. The molecule has 0 aromatic heterocycles. The van der Waals surface area contributed by atoms with E-state index < -0.39 is 0 Å². The molecule has 9 heteroatoms. The molecule has 0 aromatic carbocycles. The summed E-state index contributed by atoms with van der Waals surface area (Å²) in [6.07, 6.45) is -0.0565. The third-order valence-corrected chi connectivity index (χ3v) is 2.30. The first kappa shape index (κ1) is 23.3. The van der Waals surface area contributed by atoms with Crippen LogP contribution in [0.25, 0.3) is 0 Å². The minimum absolute atomic E-state index is 0. The second kappa shape index (κ2) is 13.6. The van der Waals surface area contributed by atoms with Gasteiger partial charge >= 0.3 is 88.7 Å². The number of thiocarbonyl (C=S) groups is 3. The van der Waals surface area contributed by atoms with Gasteiger partial charge < -0.3 is 4.28 Å². The molecule has 3 nitrogen and oxygen atoms in total. The summed E-state index contributed by atoms with van der Waals surface area (Å²) in [7, 11) is 0. The number of nitrogens with one attached hydrogen (secondary N) is 3. The maximum absolute atomic E-state index is 4.80. The van der Waals surface area contributed by atoms with Crippen LogP contribution < -0.4 is 105 Å². The molecule has 0 unspecified atom stereocenters. The van der Waals surface area contributed by atoms with E-state index in [4.69, 9.17) is 36.7 Å². The van der Waals surface area contributed by atoms with Crippen LogP contribution in [0, 0.1) is 0 Å². The Bertz CT molecular complexity index is 180. The van der Waals surface area contributed by atoms with Crippen LogP contribution in [0.2, 0.25) is 0 Å². The van der Waals surface area contributed by atoms with Gasteiger partial charge in [0.05, 0.1) is 18.5 Å². The topological polar surface area (TPSA) is 36.1 Å². The van der Waals surface area contributed by atoms with E-state index in [1.807, 2.05) is 0 Å². The van der Waals surface area contributed by atoms with Gasteiger partial charge in [0.2, 0.25) is 0 Å². The molecule has 3 N–H and O–H groups in total. The molecule has 1 saturated heterocycles. The Balaban J connectivity index is -0.0000000600. The van der Waals surface area contributed by atoms with E-state index in [0.717, 1.165) is 0 Å². The molecule has 0 aliphatic carbocycles. The van der Waals surface area contributed by atoms with Crippen LogP contribution in [0.3, 0.4) is 0 Å². The molecule has 0 radical (unpaired) electrons. The van der Waals surface area contributed by atoms with Crippen LogP contribution in [-0.2, 0) is 0 Å². The Hall–Kier alpha value is 3.15. The quantitative estimate of drug-likeness (QED) is 0.354. The van der Waals surface area contributed by atoms with Crippen molar-refractivity contribution in [2.45, 2.75) is 18.5 Å². The zero-order chi connectivity index (χ0) is 8.97. The third kappa shape index (κ3) is 8.80. The molecule has 1 aliphatic heterocycles. The Labute approximate surface area is 177 Å². The van der Waals surface area contributed by atoms with Gasteiger partial charge in [-0.05, 0) is 0 Å². The third-order valence-electron chi connectivity index (χ3n) is 1.49. The fourth-order valence-electron chi connectivity index (χ4n) is 0.960. The standard InChI is InChI=1S/C6H9N3S3.3Na.3H/c10-1-4-7-5(2-11)9-6(3-12)8-4;;;;;;/h1-9H;;;;;;/q;3*+1;3*-1. The predicted molar refractivity (Wildman–Crippen MR) is 65.1 cm³/mol. The first-order valence-corrected chi connectivity index (χ1v) is 4.85. The Morgan fingerprint density at radius 2 is 0.867 bits per heavy atom. The normalized spacial score (nSPS) is 28.4. The minimum atomic E-state index is -0.0188. The van der Waals surface area contributed by atoms with E-state index in [9.17, 15) is 0 Å². The van der Waals surface area contributed by atoms with Crippen LogP contribution in [0.4, 0.5) is 0 Å². The van der Waals surface area contributed by atoms with E-state index in [-0.39, 0.29) is 111 Å². The average Bonchev–Trinajstić information content (AvgIpc) is 2.16. The monoisotopic (exact) mass is 291 g/mol. The molecule has 15 heavy (non-hydrogen) atoms. The van der Waals surface area contributed by atoms with Crippen molar-refractivity contribution in [3.63, 3.8) is 0 Å². The molecule has 0 atom stereocenters. The van der Waals surface area contributed by atoms with Crippen LogP contribution in [-0.4, -0.2) is 34.6 Å². The molecule has 1 heterocycles. The van der Waals surface area contributed by atoms with Gasteiger partial charge in [-0.25, -0.2) is 0 Å². The van der Waals surface area contributed by atoms with Gasteiger partial charge in [-0.1, -0.05) is 36.7 Å². The van der Waals surface area contributed by atoms with Crippen molar-refractivity contribution in [2.24, 2.45) is 0 Å². The fourth-order valence-corrected chi connectivity index (χ4v) is 1.43. The first-order valence-electron chi connectivity index (χ1n) is 3.44. The van der Waals surface area contributed by atoms with Gasteiger partial charge in [0.15, 0.2) is 0 Å². The molecular formula is C6H12N3Na3S3. The molecule has 1 rings (SSSR count). The van der Waals surface area contributed by atoms with Crippen molar-refractivity contribution >= 4 is 52.8 Å². The zero-order valence-corrected chi connectivity index (χ0v) is 17.6. The van der Waals surface area contributed by atoms with E-state index in [1.165, 1.54) is 0 Å². The van der Waals surface area contributed by atoms with Crippen molar-refractivity contribution in [1.29, 1.82) is 0 Å². The Morgan fingerprint density at radius 1 is 0.667 bits per heavy atom. The molecule has 0 amide bonds. The smallest absolute Gasteiger partial charge is 1.00 e. The van der Waals surface area contributed by atoms with Gasteiger partial charge in [0.1, 0.15) is 0 Å². The summed E-state index contributed by atoms with van der Waals surface area (Å²) in [5.74, 6) is 0. The van der Waals surface area contributed by atoms with Crippen molar-refractivity contribution in [3.05, 3.63) is 0 Å². The van der Waals surface area contributed by atoms with Gasteiger partial charge in [0.25, 0.3) is 0 Å². The summed E-state index contributed by atoms with van der Waals surface area (Å²) >= 11 is 14.4. The fraction of sp³-hybridized carbons (Fsp3) is 0.500. The van der Waals surface area contributed by atoms with Gasteiger partial charge in [-0.2, -0.15) is 0 Å². The summed E-state index contributed by atoms with van der Waals surface area (Å²) in [6.45, 7) is 0. The number of rotatable bonds is 3. The molecule has 1 fully saturated rings. The minimum Gasteiger partial charge on any atom is -1.00 e. The predicted octanol–water partition coefficient (Wildman–Crippen LogP) is -8.90. The van der Waals surface area contributed by atoms with E-state index in [2.05, 4.69) is 16.0 Å². The molecule has 0 spiro atoms. The maximum atomic E-state index is 4.80. The summed E-state index contributed by atoms with van der Waals surface area (Å²) in [6, 6.07) is 0. The van der Waals surface area contributed by atoms with E-state index in [0.29, 0.717) is 0 Å². The molecule has 0 bridgehead atoms. The second-order valence-electron chi connectivity index (χ2n) is 2.34. The number of hydrogen-bond donors (Lipinski definition) is 3. The van der Waals surface area contributed by atoms with Crippen LogP contribution >= 0.6 is 36.7 Å². The van der Waals surface area contributed by atoms with Gasteiger partial charge in [-0.15, -0.1) is 0 Å². The molecule has 0 saturated carbocycles. The SMILES string of the molecule is S=CC1NC(C=S)NC(C=S)N1.[H-].[H-].[H-].[Na+].[Na+].[Na+]. The number of hydrogen-bond acceptors (Lipinski definition) is 6. The first-order chi connectivity index (χ1) is 5.80. The van der Waals surface area contributed by atoms with Crippen molar-refractivity contribution in [3.8, 4) is 0 Å². The van der Waals surface area contributed by atoms with Crippen LogP contribution in [0.5, 0.6) is 0 Å². The average molecular weight is 291 g/mol. The van der Waals surface area contributed by atoms with Crippen molar-refractivity contribution in [1.82, 2.24) is 16.0 Å². The van der Waals surface area contributed by atoms with Crippen molar-refractivity contribution in [2.75, 3.05) is 0 Å². The Kier molecular flexibility index (Phi) is 21.1. The Morgan fingerprint density at radius 3 is 1.00 bits per heavy atom. The second-order valence-corrected chi connectivity index (χ2v) is 3.16. The van der Waals surface area contributed by atoms with Crippen LogP contribution in [0.15, 0.2) is 0 Å². The molecule has 0 aromatic rings. The summed E-state index contributed by atoms with van der Waals surface area (Å²) < 4.78 is 0. The largest absolute Gasteiger partial charge is 1.00 e. The van der Waals surface area contributed by atoms with E-state index >= 15 is 0 Å². The summed E-state index contributed by atoms with van der Waals surface area (Å²) in [4.78, 5) is 0. The van der Waals surface area contributed by atoms with E-state index in [1.54, 1.807) is 16.1 Å². The summed E-state index contributed by atoms with van der Waals surface area (Å²) in [5, 5.41) is 14.2. The summed E-state index contributed by atoms with van der Waals surface area (Å²) in [5.41, 5.74) is 0. The molecule has 72 valence electrons. The zero-order valence-electron chi connectivity index (χ0n) is 12.2. The van der Waals surface area contributed by atoms with Crippen molar-refractivity contribution < 1.29 is 93.0 Å². The van der Waals surface area contributed by atoms with Gasteiger partial charge in [0, 0.05) is 16.1 Å². The molecule has 1 aliphatic rings. The van der Waals surface area contributed by atoms with Crippen LogP contribution in [0.1, 0.15) is 4.28 Å².